The minimum absolute atomic E-state index is 0.00216. The number of nitrogens with zero attached hydrogens (tertiary/aromatic N) is 2. The number of rotatable bonds is 5. The van der Waals surface area contributed by atoms with Crippen LogP contribution >= 0.6 is 0 Å². The van der Waals surface area contributed by atoms with Gasteiger partial charge in [-0.15, -0.1) is 0 Å². The lowest BCUT2D eigenvalue weighted by Gasteiger charge is -2.31. The standard InChI is InChI=1S/C20H26N4O4/c1-22-16-13-24(7-6-23-8-10-28-11-9-23)19(25)17(16)18(21-20(22)26)14-4-3-5-15(12-14)27-2/h3-5,12,18H,6-11,13H2,1-2H3,(H,21,26)/p+1/t18-/m1/s1. The first-order valence-electron chi connectivity index (χ1n) is 9.70. The number of urea groups is 1. The zero-order valence-electron chi connectivity index (χ0n) is 16.4. The van der Waals surface area contributed by atoms with Crippen LogP contribution in [0.3, 0.4) is 0 Å². The highest BCUT2D eigenvalue weighted by atomic mass is 16.5. The summed E-state index contributed by atoms with van der Waals surface area (Å²) in [7, 11) is 3.32. The molecular weight excluding hydrogens is 360 g/mol. The van der Waals surface area contributed by atoms with Crippen LogP contribution in [0.4, 0.5) is 4.79 Å². The third-order valence-electron chi connectivity index (χ3n) is 5.80. The van der Waals surface area contributed by atoms with E-state index in [9.17, 15) is 9.59 Å². The van der Waals surface area contributed by atoms with E-state index in [-0.39, 0.29) is 11.9 Å². The highest BCUT2D eigenvalue weighted by Crippen LogP contribution is 2.36. The summed E-state index contributed by atoms with van der Waals surface area (Å²) in [5, 5.41) is 2.97. The van der Waals surface area contributed by atoms with Gasteiger partial charge in [0, 0.05) is 7.05 Å². The van der Waals surface area contributed by atoms with Gasteiger partial charge in [-0.1, -0.05) is 12.1 Å². The number of benzene rings is 1. The van der Waals surface area contributed by atoms with E-state index < -0.39 is 6.04 Å². The zero-order chi connectivity index (χ0) is 19.7. The van der Waals surface area contributed by atoms with Gasteiger partial charge in [-0.25, -0.2) is 4.79 Å². The predicted molar refractivity (Wildman–Crippen MR) is 102 cm³/mol. The van der Waals surface area contributed by atoms with Crippen LogP contribution in [0.2, 0.25) is 0 Å². The number of ether oxygens (including phenoxy) is 2. The number of amides is 3. The van der Waals surface area contributed by atoms with E-state index in [0.717, 1.165) is 44.1 Å². The van der Waals surface area contributed by atoms with E-state index in [4.69, 9.17) is 9.47 Å². The monoisotopic (exact) mass is 387 g/mol. The van der Waals surface area contributed by atoms with E-state index in [1.54, 1.807) is 19.1 Å². The van der Waals surface area contributed by atoms with Crippen LogP contribution < -0.4 is 15.0 Å². The molecule has 3 heterocycles. The van der Waals surface area contributed by atoms with Crippen LogP contribution in [-0.4, -0.2) is 81.8 Å². The molecule has 0 radical (unpaired) electrons. The number of carbonyl (C=O) groups excluding carboxylic acids is 2. The number of hydrogen-bond donors (Lipinski definition) is 2. The summed E-state index contributed by atoms with van der Waals surface area (Å²) in [6.07, 6.45) is 0. The highest BCUT2D eigenvalue weighted by molar-refractivity contribution is 6.01. The first-order valence-corrected chi connectivity index (χ1v) is 9.70. The summed E-state index contributed by atoms with van der Waals surface area (Å²) in [4.78, 5) is 30.6. The fourth-order valence-electron chi connectivity index (χ4n) is 4.08. The Balaban J connectivity index is 1.55. The van der Waals surface area contributed by atoms with E-state index in [1.807, 2.05) is 29.2 Å². The fraction of sp³-hybridized carbons (Fsp3) is 0.500. The van der Waals surface area contributed by atoms with Crippen LogP contribution in [0.5, 0.6) is 5.75 Å². The molecule has 1 saturated heterocycles. The lowest BCUT2D eigenvalue weighted by atomic mass is 9.95. The van der Waals surface area contributed by atoms with Gasteiger partial charge in [-0.2, -0.15) is 0 Å². The molecule has 3 aliphatic heterocycles. The van der Waals surface area contributed by atoms with Crippen molar-refractivity contribution in [1.29, 1.82) is 0 Å². The minimum atomic E-state index is -0.456. The van der Waals surface area contributed by atoms with Gasteiger partial charge in [0.15, 0.2) is 0 Å². The van der Waals surface area contributed by atoms with E-state index in [2.05, 4.69) is 5.32 Å². The molecule has 150 valence electrons. The van der Waals surface area contributed by atoms with Crippen LogP contribution in [0.15, 0.2) is 35.5 Å². The smallest absolute Gasteiger partial charge is 0.322 e. The van der Waals surface area contributed by atoms with Crippen molar-refractivity contribution in [2.75, 3.05) is 60.1 Å². The minimum Gasteiger partial charge on any atom is -0.497 e. The molecule has 4 rings (SSSR count). The van der Waals surface area contributed by atoms with Crippen molar-refractivity contribution in [3.05, 3.63) is 41.1 Å². The first kappa shape index (κ1) is 18.8. The van der Waals surface area contributed by atoms with Gasteiger partial charge < -0.3 is 24.6 Å². The number of quaternary nitrogens is 1. The molecule has 28 heavy (non-hydrogen) atoms. The Hall–Kier alpha value is -2.58. The molecular formula is C20H27N4O4+. The maximum atomic E-state index is 13.2. The van der Waals surface area contributed by atoms with Crippen LogP contribution in [0.1, 0.15) is 11.6 Å². The van der Waals surface area contributed by atoms with Crippen molar-refractivity contribution < 1.29 is 24.0 Å². The van der Waals surface area contributed by atoms with Gasteiger partial charge >= 0.3 is 6.03 Å². The quantitative estimate of drug-likeness (QED) is 0.708. The van der Waals surface area contributed by atoms with Crippen LogP contribution in [-0.2, 0) is 9.53 Å². The molecule has 0 saturated carbocycles. The average molecular weight is 387 g/mol. The second-order valence-electron chi connectivity index (χ2n) is 7.42. The second kappa shape index (κ2) is 7.81. The summed E-state index contributed by atoms with van der Waals surface area (Å²) >= 11 is 0. The number of carbonyl (C=O) groups is 2. The maximum Gasteiger partial charge on any atom is 0.322 e. The van der Waals surface area contributed by atoms with Gasteiger partial charge in [-0.05, 0) is 17.7 Å². The van der Waals surface area contributed by atoms with Crippen molar-refractivity contribution in [2.45, 2.75) is 6.04 Å². The number of methoxy groups -OCH3 is 1. The summed E-state index contributed by atoms with van der Waals surface area (Å²) < 4.78 is 10.7. The van der Waals surface area contributed by atoms with Crippen LogP contribution in [0.25, 0.3) is 0 Å². The van der Waals surface area contributed by atoms with Gasteiger partial charge in [-0.3, -0.25) is 9.69 Å². The van der Waals surface area contributed by atoms with Crippen molar-refractivity contribution in [2.24, 2.45) is 0 Å². The Bertz CT molecular complexity index is 803. The second-order valence-corrected chi connectivity index (χ2v) is 7.42. The fourth-order valence-corrected chi connectivity index (χ4v) is 4.08. The van der Waals surface area contributed by atoms with Crippen molar-refractivity contribution in [1.82, 2.24) is 15.1 Å². The van der Waals surface area contributed by atoms with Gasteiger partial charge in [0.2, 0.25) is 0 Å². The van der Waals surface area contributed by atoms with Gasteiger partial charge in [0.05, 0.1) is 57.3 Å². The summed E-state index contributed by atoms with van der Waals surface area (Å²) in [5.74, 6) is 0.702. The molecule has 2 N–H and O–H groups in total. The molecule has 0 aromatic heterocycles. The number of hydrogen-bond acceptors (Lipinski definition) is 4. The molecule has 1 fully saturated rings. The molecule has 0 unspecified atom stereocenters. The Morgan fingerprint density at radius 1 is 1.29 bits per heavy atom. The Morgan fingerprint density at radius 2 is 2.07 bits per heavy atom. The molecule has 0 spiro atoms. The number of likely N-dealkylation sites (N-methyl/N-ethyl adjacent to an activating group) is 1. The lowest BCUT2D eigenvalue weighted by molar-refractivity contribution is -0.907. The molecule has 8 nitrogen and oxygen atoms in total. The van der Waals surface area contributed by atoms with Crippen molar-refractivity contribution in [3.8, 4) is 5.75 Å². The molecule has 3 aliphatic rings. The Kier molecular flexibility index (Phi) is 5.23. The zero-order valence-corrected chi connectivity index (χ0v) is 16.4. The molecule has 1 aromatic carbocycles. The maximum absolute atomic E-state index is 13.2. The average Bonchev–Trinajstić information content (AvgIpc) is 3.06. The molecule has 1 atom stereocenters. The number of morpholine rings is 1. The third kappa shape index (κ3) is 3.45. The van der Waals surface area contributed by atoms with E-state index in [1.165, 1.54) is 4.90 Å². The molecule has 0 bridgehead atoms. The summed E-state index contributed by atoms with van der Waals surface area (Å²) in [6, 6.07) is 6.86. The normalized spacial score (nSPS) is 23.1. The lowest BCUT2D eigenvalue weighted by Crippen LogP contribution is -3.14. The molecule has 1 aromatic rings. The largest absolute Gasteiger partial charge is 0.497 e. The predicted octanol–water partition coefficient (Wildman–Crippen LogP) is -0.597. The Morgan fingerprint density at radius 3 is 2.82 bits per heavy atom. The first-order chi connectivity index (χ1) is 13.6. The van der Waals surface area contributed by atoms with Crippen LogP contribution in [0, 0.1) is 0 Å². The molecule has 0 aliphatic carbocycles. The Labute approximate surface area is 164 Å². The molecule has 8 heteroatoms. The highest BCUT2D eigenvalue weighted by Gasteiger charge is 2.43. The van der Waals surface area contributed by atoms with Crippen molar-refractivity contribution in [3.63, 3.8) is 0 Å². The summed E-state index contributed by atoms with van der Waals surface area (Å²) in [5.41, 5.74) is 2.30. The third-order valence-corrected chi connectivity index (χ3v) is 5.80. The summed E-state index contributed by atoms with van der Waals surface area (Å²) in [6.45, 7) is 5.54. The van der Waals surface area contributed by atoms with Gasteiger partial charge in [0.25, 0.3) is 5.91 Å². The molecule has 3 amide bonds. The topological polar surface area (TPSA) is 75.6 Å². The van der Waals surface area contributed by atoms with Crippen molar-refractivity contribution >= 4 is 11.9 Å². The van der Waals surface area contributed by atoms with Gasteiger partial charge in [0.1, 0.15) is 18.8 Å². The number of nitrogens with one attached hydrogen (secondary N) is 2. The SMILES string of the molecule is COc1cccc([C@H]2NC(=O)N(C)C3=C2C(=O)N(CC[NH+]2CCOCC2)C3)c1. The van der Waals surface area contributed by atoms with E-state index >= 15 is 0 Å². The van der Waals surface area contributed by atoms with E-state index in [0.29, 0.717) is 24.4 Å².